The zero-order valence-electron chi connectivity index (χ0n) is 18.5. The maximum atomic E-state index is 13.3. The van der Waals surface area contributed by atoms with Gasteiger partial charge >= 0.3 is 5.97 Å². The number of carbonyl (C=O) groups excluding carboxylic acids is 2. The molecule has 32 heavy (non-hydrogen) atoms. The van der Waals surface area contributed by atoms with Gasteiger partial charge in [0.05, 0.1) is 31.5 Å². The molecule has 0 fully saturated rings. The van der Waals surface area contributed by atoms with Crippen LogP contribution in [0.5, 0.6) is 0 Å². The third kappa shape index (κ3) is 4.84. The van der Waals surface area contributed by atoms with Gasteiger partial charge in [0.2, 0.25) is 0 Å². The molecule has 2 aromatic carbocycles. The summed E-state index contributed by atoms with van der Waals surface area (Å²) in [5, 5.41) is 0. The first kappa shape index (κ1) is 21.7. The largest absolute Gasteiger partial charge is 0.465 e. The lowest BCUT2D eigenvalue weighted by Crippen LogP contribution is -2.50. The minimum Gasteiger partial charge on any atom is -0.465 e. The summed E-state index contributed by atoms with van der Waals surface area (Å²) in [6, 6.07) is 17.2. The first-order valence-corrected chi connectivity index (χ1v) is 10.7. The molecule has 164 valence electrons. The number of ether oxygens (including phenoxy) is 1. The number of nitrogens with zero attached hydrogens (tertiary/aromatic N) is 3. The van der Waals surface area contributed by atoms with E-state index >= 15 is 0 Å². The molecule has 6 nitrogen and oxygen atoms in total. The second kappa shape index (κ2) is 9.71. The van der Waals surface area contributed by atoms with E-state index in [1.165, 1.54) is 7.11 Å². The summed E-state index contributed by atoms with van der Waals surface area (Å²) in [5.41, 5.74) is 4.48. The number of methoxy groups -OCH3 is 1. The van der Waals surface area contributed by atoms with Crippen LogP contribution in [0.15, 0.2) is 65.9 Å². The van der Waals surface area contributed by atoms with E-state index in [-0.39, 0.29) is 11.9 Å². The highest BCUT2D eigenvalue weighted by Crippen LogP contribution is 2.27. The van der Waals surface area contributed by atoms with Crippen LogP contribution in [-0.2, 0) is 16.1 Å². The molecule has 4 rings (SSSR count). The van der Waals surface area contributed by atoms with Gasteiger partial charge in [-0.3, -0.25) is 9.69 Å². The molecule has 0 radical (unpaired) electrons. The number of hydrogen-bond acceptors (Lipinski definition) is 5. The van der Waals surface area contributed by atoms with Crippen molar-refractivity contribution in [1.82, 2.24) is 14.7 Å². The van der Waals surface area contributed by atoms with E-state index in [1.54, 1.807) is 12.1 Å². The lowest BCUT2D eigenvalue weighted by Gasteiger charge is -2.42. The summed E-state index contributed by atoms with van der Waals surface area (Å²) in [6.45, 7) is 3.20. The van der Waals surface area contributed by atoms with Crippen molar-refractivity contribution >= 4 is 11.9 Å². The molecular weight excluding hydrogens is 402 g/mol. The average Bonchev–Trinajstić information content (AvgIpc) is 2.83. The predicted molar refractivity (Wildman–Crippen MR) is 122 cm³/mol. The molecule has 2 aliphatic heterocycles. The first-order chi connectivity index (χ1) is 15.5. The van der Waals surface area contributed by atoms with Crippen LogP contribution in [0.2, 0.25) is 0 Å². The van der Waals surface area contributed by atoms with Crippen LogP contribution in [-0.4, -0.2) is 67.0 Å². The van der Waals surface area contributed by atoms with E-state index in [0.717, 1.165) is 35.4 Å². The van der Waals surface area contributed by atoms with Crippen molar-refractivity contribution < 1.29 is 14.3 Å². The Labute approximate surface area is 189 Å². The minimum absolute atomic E-state index is 0.0795. The van der Waals surface area contributed by atoms with Crippen LogP contribution in [0.1, 0.15) is 27.9 Å². The Morgan fingerprint density at radius 2 is 1.84 bits per heavy atom. The molecule has 0 N–H and O–H groups in total. The molecule has 0 spiro atoms. The summed E-state index contributed by atoms with van der Waals surface area (Å²) in [7, 11) is 3.41. The van der Waals surface area contributed by atoms with Crippen LogP contribution in [0, 0.1) is 11.8 Å². The summed E-state index contributed by atoms with van der Waals surface area (Å²) in [5.74, 6) is 6.15. The molecule has 0 saturated carbocycles. The molecule has 6 heteroatoms. The zero-order chi connectivity index (χ0) is 22.5. The maximum absolute atomic E-state index is 13.3. The third-order valence-electron chi connectivity index (χ3n) is 5.84. The Bertz CT molecular complexity index is 1080. The smallest absolute Gasteiger partial charge is 0.337 e. The topological polar surface area (TPSA) is 53.1 Å². The molecular formula is C26H27N3O3. The number of rotatable bonds is 4. The normalized spacial score (nSPS) is 16.4. The highest BCUT2D eigenvalue weighted by atomic mass is 16.5. The van der Waals surface area contributed by atoms with E-state index < -0.39 is 0 Å². The van der Waals surface area contributed by atoms with Gasteiger partial charge < -0.3 is 14.5 Å². The third-order valence-corrected chi connectivity index (χ3v) is 5.84. The van der Waals surface area contributed by atoms with Crippen LogP contribution in [0.25, 0.3) is 0 Å². The van der Waals surface area contributed by atoms with Crippen LogP contribution in [0.4, 0.5) is 0 Å². The Kier molecular flexibility index (Phi) is 6.58. The Balaban J connectivity index is 1.42. The number of amides is 1. The molecule has 2 aliphatic rings. The lowest BCUT2D eigenvalue weighted by atomic mass is 10.0. The first-order valence-electron chi connectivity index (χ1n) is 10.7. The maximum Gasteiger partial charge on any atom is 0.337 e. The van der Waals surface area contributed by atoms with Crippen molar-refractivity contribution in [2.24, 2.45) is 0 Å². The van der Waals surface area contributed by atoms with E-state index in [2.05, 4.69) is 21.6 Å². The van der Waals surface area contributed by atoms with Gasteiger partial charge in [-0.15, -0.1) is 0 Å². The predicted octanol–water partition coefficient (Wildman–Crippen LogP) is 2.72. The van der Waals surface area contributed by atoms with Gasteiger partial charge in [0.15, 0.2) is 0 Å². The molecule has 0 aromatic heterocycles. The Morgan fingerprint density at radius 1 is 1.09 bits per heavy atom. The second-order valence-electron chi connectivity index (χ2n) is 8.08. The summed E-state index contributed by atoms with van der Waals surface area (Å²) >= 11 is 0. The quantitative estimate of drug-likeness (QED) is 0.553. The van der Waals surface area contributed by atoms with Gasteiger partial charge in [-0.05, 0) is 29.8 Å². The Morgan fingerprint density at radius 3 is 2.56 bits per heavy atom. The van der Waals surface area contributed by atoms with Crippen LogP contribution in [0.3, 0.4) is 0 Å². The van der Waals surface area contributed by atoms with Gasteiger partial charge in [-0.1, -0.05) is 42.2 Å². The van der Waals surface area contributed by atoms with Gasteiger partial charge in [0, 0.05) is 44.4 Å². The molecule has 0 bridgehead atoms. The van der Waals surface area contributed by atoms with Crippen molar-refractivity contribution in [3.63, 3.8) is 0 Å². The molecule has 0 atom stereocenters. The molecule has 0 saturated heterocycles. The number of benzene rings is 2. The summed E-state index contributed by atoms with van der Waals surface area (Å²) in [6.07, 6.45) is 0.853. The zero-order valence-corrected chi connectivity index (χ0v) is 18.5. The van der Waals surface area contributed by atoms with Crippen molar-refractivity contribution in [3.05, 3.63) is 82.6 Å². The fraction of sp³-hybridized carbons (Fsp3) is 0.308. The van der Waals surface area contributed by atoms with Crippen molar-refractivity contribution in [3.8, 4) is 11.8 Å². The fourth-order valence-corrected chi connectivity index (χ4v) is 4.13. The standard InChI is InChI=1S/C26H27N3O3/c1-27-19-29(17-21-10-12-22(13-11-21)26(31)32-2)25(30)23-18-28(16-14-24(23)27)15-6-9-20-7-4-3-5-8-20/h3-5,7-8,10-13H,14-19H2,1-2H3. The fourth-order valence-electron chi connectivity index (χ4n) is 4.13. The number of carbonyl (C=O) groups is 2. The highest BCUT2D eigenvalue weighted by molar-refractivity contribution is 5.95. The van der Waals surface area contributed by atoms with E-state index in [9.17, 15) is 9.59 Å². The number of esters is 1. The van der Waals surface area contributed by atoms with E-state index in [1.807, 2.05) is 54.4 Å². The average molecular weight is 430 g/mol. The summed E-state index contributed by atoms with van der Waals surface area (Å²) in [4.78, 5) is 31.2. The van der Waals surface area contributed by atoms with Gasteiger partial charge in [-0.25, -0.2) is 4.79 Å². The Hall–Kier alpha value is -3.56. The van der Waals surface area contributed by atoms with Crippen LogP contribution < -0.4 is 0 Å². The van der Waals surface area contributed by atoms with E-state index in [0.29, 0.717) is 31.9 Å². The SMILES string of the molecule is COC(=O)c1ccc(CN2CN(C)C3=C(CN(CC#Cc4ccccc4)CC3)C2=O)cc1. The van der Waals surface area contributed by atoms with Crippen molar-refractivity contribution in [1.29, 1.82) is 0 Å². The number of hydrogen-bond donors (Lipinski definition) is 0. The van der Waals surface area contributed by atoms with Gasteiger partial charge in [0.25, 0.3) is 5.91 Å². The molecule has 1 amide bonds. The monoisotopic (exact) mass is 429 g/mol. The van der Waals surface area contributed by atoms with Crippen molar-refractivity contribution in [2.45, 2.75) is 13.0 Å². The van der Waals surface area contributed by atoms with Gasteiger partial charge in [0.1, 0.15) is 0 Å². The van der Waals surface area contributed by atoms with Crippen molar-refractivity contribution in [2.75, 3.05) is 40.5 Å². The summed E-state index contributed by atoms with van der Waals surface area (Å²) < 4.78 is 4.75. The van der Waals surface area contributed by atoms with E-state index in [4.69, 9.17) is 4.74 Å². The molecule has 0 unspecified atom stereocenters. The molecule has 2 heterocycles. The minimum atomic E-state index is -0.363. The van der Waals surface area contributed by atoms with Crippen LogP contribution >= 0.6 is 0 Å². The molecule has 0 aliphatic carbocycles. The molecule has 2 aromatic rings. The van der Waals surface area contributed by atoms with Gasteiger partial charge in [-0.2, -0.15) is 0 Å². The highest BCUT2D eigenvalue weighted by Gasteiger charge is 2.33. The lowest BCUT2D eigenvalue weighted by molar-refractivity contribution is -0.131. The second-order valence-corrected chi connectivity index (χ2v) is 8.08.